The molecule has 2 aliphatic rings. The molecule has 3 heteroatoms. The summed E-state index contributed by atoms with van der Waals surface area (Å²) >= 11 is 0. The number of imide groups is 1. The smallest absolute Gasteiger partial charge is 0.261 e. The monoisotopic (exact) mass is 243 g/mol. The molecule has 3 nitrogen and oxygen atoms in total. The van der Waals surface area contributed by atoms with Crippen LogP contribution in [0.2, 0.25) is 0 Å². The standard InChI is InChI=1S/C15H17NO2/c1-10-6-2-5-9-13(10)16-14(17)11-7-3-4-8-12(11)15(16)18/h3-4,7-8,10,13H,2,5-6,9H2,1H3/t10-,13+/m0/s1. The zero-order chi connectivity index (χ0) is 12.7. The van der Waals surface area contributed by atoms with Gasteiger partial charge in [0.1, 0.15) is 0 Å². The van der Waals surface area contributed by atoms with Gasteiger partial charge in [0.05, 0.1) is 11.1 Å². The molecule has 1 aromatic carbocycles. The van der Waals surface area contributed by atoms with Crippen molar-refractivity contribution in [2.75, 3.05) is 0 Å². The molecule has 1 heterocycles. The Morgan fingerprint density at radius 1 is 1.00 bits per heavy atom. The summed E-state index contributed by atoms with van der Waals surface area (Å²) in [4.78, 5) is 26.2. The van der Waals surface area contributed by atoms with E-state index in [0.29, 0.717) is 17.0 Å². The van der Waals surface area contributed by atoms with E-state index in [2.05, 4.69) is 6.92 Å². The van der Waals surface area contributed by atoms with Gasteiger partial charge in [-0.1, -0.05) is 31.9 Å². The molecule has 0 aromatic heterocycles. The number of nitrogens with zero attached hydrogens (tertiary/aromatic N) is 1. The lowest BCUT2D eigenvalue weighted by Gasteiger charge is -2.34. The number of hydrogen-bond acceptors (Lipinski definition) is 2. The summed E-state index contributed by atoms with van der Waals surface area (Å²) in [6.45, 7) is 2.15. The molecule has 3 rings (SSSR count). The Hall–Kier alpha value is -1.64. The van der Waals surface area contributed by atoms with Crippen molar-refractivity contribution < 1.29 is 9.59 Å². The zero-order valence-corrected chi connectivity index (χ0v) is 10.6. The Kier molecular flexibility index (Phi) is 2.69. The highest BCUT2D eigenvalue weighted by atomic mass is 16.2. The molecule has 0 radical (unpaired) electrons. The number of carbonyl (C=O) groups excluding carboxylic acids is 2. The predicted molar refractivity (Wildman–Crippen MR) is 68.4 cm³/mol. The molecule has 94 valence electrons. The number of amides is 2. The molecular formula is C15H17NO2. The third-order valence-electron chi connectivity index (χ3n) is 4.22. The van der Waals surface area contributed by atoms with Crippen molar-refractivity contribution in [1.29, 1.82) is 0 Å². The second-order valence-corrected chi connectivity index (χ2v) is 5.35. The molecular weight excluding hydrogens is 226 g/mol. The molecule has 18 heavy (non-hydrogen) atoms. The maximum Gasteiger partial charge on any atom is 0.261 e. The normalized spacial score (nSPS) is 27.5. The fourth-order valence-corrected chi connectivity index (χ4v) is 3.19. The number of rotatable bonds is 1. The summed E-state index contributed by atoms with van der Waals surface area (Å²) in [5.74, 6) is 0.213. The molecule has 1 fully saturated rings. The van der Waals surface area contributed by atoms with Crippen LogP contribution >= 0.6 is 0 Å². The third kappa shape index (κ3) is 1.57. The molecule has 0 bridgehead atoms. The van der Waals surface area contributed by atoms with E-state index in [9.17, 15) is 9.59 Å². The lowest BCUT2D eigenvalue weighted by atomic mass is 9.85. The van der Waals surface area contributed by atoms with Crippen LogP contribution in [-0.2, 0) is 0 Å². The van der Waals surface area contributed by atoms with Crippen LogP contribution in [0.15, 0.2) is 24.3 Å². The Morgan fingerprint density at radius 2 is 1.56 bits per heavy atom. The minimum Gasteiger partial charge on any atom is -0.271 e. The third-order valence-corrected chi connectivity index (χ3v) is 4.22. The molecule has 1 saturated carbocycles. The van der Waals surface area contributed by atoms with Gasteiger partial charge >= 0.3 is 0 Å². The minimum atomic E-state index is -0.102. The van der Waals surface area contributed by atoms with Gasteiger partial charge in [0.15, 0.2) is 0 Å². The average Bonchev–Trinajstić information content (AvgIpc) is 2.64. The highest BCUT2D eigenvalue weighted by molar-refractivity contribution is 6.21. The van der Waals surface area contributed by atoms with Crippen molar-refractivity contribution in [2.45, 2.75) is 38.6 Å². The SMILES string of the molecule is C[C@H]1CCCC[C@H]1N1C(=O)c2ccccc2C1=O. The van der Waals surface area contributed by atoms with E-state index in [4.69, 9.17) is 0 Å². The van der Waals surface area contributed by atoms with Gasteiger partial charge in [0, 0.05) is 6.04 Å². The van der Waals surface area contributed by atoms with E-state index in [0.717, 1.165) is 19.3 Å². The predicted octanol–water partition coefficient (Wildman–Crippen LogP) is 2.86. The molecule has 1 aliphatic carbocycles. The summed E-state index contributed by atoms with van der Waals surface area (Å²) in [5, 5.41) is 0. The molecule has 0 spiro atoms. The van der Waals surface area contributed by atoms with E-state index in [1.165, 1.54) is 11.3 Å². The Balaban J connectivity index is 1.96. The van der Waals surface area contributed by atoms with E-state index in [1.54, 1.807) is 12.1 Å². The molecule has 1 aliphatic heterocycles. The summed E-state index contributed by atoms with van der Waals surface area (Å²) in [5.41, 5.74) is 1.14. The largest absolute Gasteiger partial charge is 0.271 e. The lowest BCUT2D eigenvalue weighted by Crippen LogP contribution is -2.44. The number of benzene rings is 1. The first kappa shape index (κ1) is 11.5. The van der Waals surface area contributed by atoms with Crippen molar-refractivity contribution in [3.63, 3.8) is 0 Å². The van der Waals surface area contributed by atoms with Gasteiger partial charge in [0.2, 0.25) is 0 Å². The van der Waals surface area contributed by atoms with Crippen molar-refractivity contribution in [3.05, 3.63) is 35.4 Å². The fraction of sp³-hybridized carbons (Fsp3) is 0.467. The highest BCUT2D eigenvalue weighted by Crippen LogP contribution is 2.33. The van der Waals surface area contributed by atoms with Crippen LogP contribution in [0, 0.1) is 5.92 Å². The van der Waals surface area contributed by atoms with Crippen LogP contribution in [-0.4, -0.2) is 22.8 Å². The summed E-state index contributed by atoms with van der Waals surface area (Å²) in [6.07, 6.45) is 4.38. The van der Waals surface area contributed by atoms with Crippen LogP contribution in [0.5, 0.6) is 0 Å². The summed E-state index contributed by atoms with van der Waals surface area (Å²) < 4.78 is 0. The zero-order valence-electron chi connectivity index (χ0n) is 10.6. The second-order valence-electron chi connectivity index (χ2n) is 5.35. The Morgan fingerprint density at radius 3 is 2.11 bits per heavy atom. The van der Waals surface area contributed by atoms with Crippen LogP contribution in [0.25, 0.3) is 0 Å². The number of hydrogen-bond donors (Lipinski definition) is 0. The second kappa shape index (κ2) is 4.23. The van der Waals surface area contributed by atoms with Gasteiger partial charge in [-0.2, -0.15) is 0 Å². The molecule has 0 unspecified atom stereocenters. The van der Waals surface area contributed by atoms with E-state index in [1.807, 2.05) is 12.1 Å². The van der Waals surface area contributed by atoms with Crippen molar-refractivity contribution >= 4 is 11.8 Å². The van der Waals surface area contributed by atoms with Crippen LogP contribution in [0.3, 0.4) is 0 Å². The Labute approximate surface area is 107 Å². The maximum atomic E-state index is 12.4. The highest BCUT2D eigenvalue weighted by Gasteiger charge is 2.41. The van der Waals surface area contributed by atoms with Crippen molar-refractivity contribution in [1.82, 2.24) is 4.90 Å². The lowest BCUT2D eigenvalue weighted by molar-refractivity contribution is 0.0486. The van der Waals surface area contributed by atoms with Gasteiger partial charge in [-0.15, -0.1) is 0 Å². The Bertz CT molecular complexity index is 474. The first-order chi connectivity index (χ1) is 8.70. The van der Waals surface area contributed by atoms with Crippen molar-refractivity contribution in [3.8, 4) is 0 Å². The molecule has 2 atom stereocenters. The fourth-order valence-electron chi connectivity index (χ4n) is 3.19. The summed E-state index contributed by atoms with van der Waals surface area (Å²) in [7, 11) is 0. The van der Waals surface area contributed by atoms with Gasteiger partial charge in [-0.3, -0.25) is 14.5 Å². The quantitative estimate of drug-likeness (QED) is 0.711. The molecule has 0 N–H and O–H groups in total. The minimum absolute atomic E-state index is 0.0890. The van der Waals surface area contributed by atoms with E-state index in [-0.39, 0.29) is 17.9 Å². The van der Waals surface area contributed by atoms with Gasteiger partial charge in [-0.25, -0.2) is 0 Å². The van der Waals surface area contributed by atoms with Gasteiger partial charge in [0.25, 0.3) is 11.8 Å². The topological polar surface area (TPSA) is 37.4 Å². The first-order valence-corrected chi connectivity index (χ1v) is 6.67. The molecule has 2 amide bonds. The van der Waals surface area contributed by atoms with Crippen molar-refractivity contribution in [2.24, 2.45) is 5.92 Å². The van der Waals surface area contributed by atoms with Crippen LogP contribution in [0.1, 0.15) is 53.3 Å². The van der Waals surface area contributed by atoms with Crippen LogP contribution < -0.4 is 0 Å². The first-order valence-electron chi connectivity index (χ1n) is 6.67. The van der Waals surface area contributed by atoms with E-state index >= 15 is 0 Å². The van der Waals surface area contributed by atoms with Gasteiger partial charge < -0.3 is 0 Å². The molecule has 1 aromatic rings. The van der Waals surface area contributed by atoms with Crippen LogP contribution in [0.4, 0.5) is 0 Å². The van der Waals surface area contributed by atoms with Gasteiger partial charge in [-0.05, 0) is 30.9 Å². The maximum absolute atomic E-state index is 12.4. The number of carbonyl (C=O) groups is 2. The van der Waals surface area contributed by atoms with E-state index < -0.39 is 0 Å². The average molecular weight is 243 g/mol. The number of fused-ring (bicyclic) bond motifs is 1. The molecule has 0 saturated heterocycles. The summed E-state index contributed by atoms with van der Waals surface area (Å²) in [6, 6.07) is 7.23.